The molecule has 0 N–H and O–H groups in total. The molecule has 0 aromatic heterocycles. The summed E-state index contributed by atoms with van der Waals surface area (Å²) in [5.74, 6) is 1.55. The molecule has 0 amide bonds. The SMILES string of the molecule is CC(C)CP(CC(C)C)C1=Cc2ccccc2[CH]1[Hf+2][CH]1C(P(C(C)C)C(C)C)=Cc2ccccc21.[Cl-].[Cl-]. The van der Waals surface area contributed by atoms with Crippen molar-refractivity contribution in [3.63, 3.8) is 0 Å². The monoisotopic (exact) mass is 740 g/mol. The number of rotatable bonds is 10. The van der Waals surface area contributed by atoms with Gasteiger partial charge >= 0.3 is 231 Å². The van der Waals surface area contributed by atoms with Crippen LogP contribution in [0.1, 0.15) is 85.0 Å². The van der Waals surface area contributed by atoms with Crippen LogP contribution in [-0.4, -0.2) is 23.6 Å². The third-order valence-electron chi connectivity index (χ3n) is 7.09. The molecule has 2 aliphatic carbocycles. The number of halogens is 2. The summed E-state index contributed by atoms with van der Waals surface area (Å²) in [7, 11) is -0.188. The maximum Gasteiger partial charge on any atom is -1.00 e. The van der Waals surface area contributed by atoms with Gasteiger partial charge in [-0.15, -0.1) is 0 Å². The molecule has 0 aliphatic heterocycles. The molecule has 0 radical (unpaired) electrons. The fraction of sp³-hybridized carbons (Fsp3) is 0.500. The Kier molecular flexibility index (Phi) is 13.3. The molecule has 0 bridgehead atoms. The van der Waals surface area contributed by atoms with Crippen molar-refractivity contribution in [1.82, 2.24) is 0 Å². The molecule has 2 aliphatic rings. The molecule has 200 valence electrons. The fourth-order valence-electron chi connectivity index (χ4n) is 5.99. The smallest absolute Gasteiger partial charge is 1.00 e. The first-order valence-electron chi connectivity index (χ1n) is 13.6. The van der Waals surface area contributed by atoms with E-state index in [4.69, 9.17) is 0 Å². The second kappa shape index (κ2) is 14.7. The summed E-state index contributed by atoms with van der Waals surface area (Å²) in [4.78, 5) is 0. The van der Waals surface area contributed by atoms with E-state index in [0.717, 1.165) is 30.5 Å². The molecule has 0 saturated carbocycles. The first-order chi connectivity index (χ1) is 16.7. The van der Waals surface area contributed by atoms with E-state index in [2.05, 4.69) is 116 Å². The van der Waals surface area contributed by atoms with E-state index in [-0.39, 0.29) is 40.7 Å². The molecule has 0 saturated heterocycles. The van der Waals surface area contributed by atoms with Crippen LogP contribution in [0.15, 0.2) is 59.2 Å². The van der Waals surface area contributed by atoms with Gasteiger partial charge in [-0.2, -0.15) is 0 Å². The van der Waals surface area contributed by atoms with Gasteiger partial charge in [-0.1, -0.05) is 0 Å². The van der Waals surface area contributed by atoms with E-state index < -0.39 is 22.9 Å². The number of fused-ring (bicyclic) bond motifs is 2. The molecular formula is C32H44Cl2HfP2. The maximum absolute atomic E-state index is 2.67. The Labute approximate surface area is 253 Å². The molecule has 2 aromatic carbocycles. The van der Waals surface area contributed by atoms with Gasteiger partial charge < -0.3 is 24.8 Å². The number of hydrogen-bond donors (Lipinski definition) is 0. The zero-order chi connectivity index (χ0) is 25.3. The Bertz CT molecular complexity index is 1070. The van der Waals surface area contributed by atoms with E-state index in [1.54, 1.807) is 11.1 Å². The average molecular weight is 740 g/mol. The molecule has 2 atom stereocenters. The summed E-state index contributed by atoms with van der Waals surface area (Å²) in [6, 6.07) is 18.8. The van der Waals surface area contributed by atoms with Crippen LogP contribution in [0.5, 0.6) is 0 Å². The van der Waals surface area contributed by atoms with Gasteiger partial charge in [0.15, 0.2) is 0 Å². The Hall–Kier alpha value is 0.230. The normalized spacial score (nSPS) is 18.1. The second-order valence-electron chi connectivity index (χ2n) is 11.7. The van der Waals surface area contributed by atoms with E-state index in [0.29, 0.717) is 0 Å². The van der Waals surface area contributed by atoms with Crippen LogP contribution in [0.25, 0.3) is 12.2 Å². The van der Waals surface area contributed by atoms with Crippen LogP contribution in [0.3, 0.4) is 0 Å². The molecule has 4 rings (SSSR count). The largest absolute Gasteiger partial charge is 1.00 e. The summed E-state index contributed by atoms with van der Waals surface area (Å²) in [6.07, 6.45) is 8.10. The van der Waals surface area contributed by atoms with Crippen LogP contribution in [0.2, 0.25) is 0 Å². The Balaban J connectivity index is 0.00000241. The van der Waals surface area contributed by atoms with Crippen LogP contribution in [-0.2, 0) is 22.9 Å². The fourth-order valence-corrected chi connectivity index (χ4v) is 23.3. The first kappa shape index (κ1) is 33.4. The predicted octanol–water partition coefficient (Wildman–Crippen LogP) is 4.36. The molecule has 5 heteroatoms. The van der Waals surface area contributed by atoms with E-state index in [1.807, 2.05) is 10.6 Å². The minimum Gasteiger partial charge on any atom is -1.00 e. The third kappa shape index (κ3) is 7.70. The molecule has 0 nitrogen and oxygen atoms in total. The molecular weight excluding hydrogens is 696 g/mol. The topological polar surface area (TPSA) is 0 Å². The summed E-state index contributed by atoms with van der Waals surface area (Å²) >= 11 is -1.15. The molecule has 2 aromatic rings. The summed E-state index contributed by atoms with van der Waals surface area (Å²) in [6.45, 7) is 19.6. The Morgan fingerprint density at radius 2 is 1.03 bits per heavy atom. The van der Waals surface area contributed by atoms with Crippen molar-refractivity contribution in [3.05, 3.63) is 81.4 Å². The van der Waals surface area contributed by atoms with Gasteiger partial charge in [0.05, 0.1) is 0 Å². The van der Waals surface area contributed by atoms with Crippen LogP contribution in [0, 0.1) is 11.8 Å². The zero-order valence-corrected chi connectivity index (χ0v) is 30.7. The maximum atomic E-state index is 2.67. The number of allylic oxidation sites excluding steroid dienone is 2. The van der Waals surface area contributed by atoms with Crippen LogP contribution >= 0.6 is 15.8 Å². The molecule has 0 heterocycles. The molecule has 2 unspecified atom stereocenters. The van der Waals surface area contributed by atoms with Crippen molar-refractivity contribution >= 4 is 28.0 Å². The van der Waals surface area contributed by atoms with Gasteiger partial charge in [0.1, 0.15) is 0 Å². The molecule has 37 heavy (non-hydrogen) atoms. The summed E-state index contributed by atoms with van der Waals surface area (Å²) in [5, 5.41) is 3.71. The van der Waals surface area contributed by atoms with Crippen LogP contribution < -0.4 is 24.8 Å². The zero-order valence-electron chi connectivity index (χ0n) is 23.8. The van der Waals surface area contributed by atoms with Gasteiger partial charge in [-0.3, -0.25) is 0 Å². The van der Waals surface area contributed by atoms with Crippen molar-refractivity contribution in [2.75, 3.05) is 12.3 Å². The van der Waals surface area contributed by atoms with Gasteiger partial charge in [0, 0.05) is 0 Å². The first-order valence-corrected chi connectivity index (χ1v) is 20.9. The van der Waals surface area contributed by atoms with Crippen molar-refractivity contribution in [1.29, 1.82) is 0 Å². The standard InChI is InChI=1S/C17H24P.C15H20P.2ClH.Hf/c1-13(2)11-18(12-14(3)4)17-9-15-7-5-6-8-16(15)10-17;1-11(2)16(12(3)4)15-9-13-7-5-6-8-14(13)10-15;;;/h5-10,13-14H,11-12H2,1-4H3;5-12H,1-4H3;2*1H;/q;;;;+2/p-2. The minimum atomic E-state index is -1.15. The van der Waals surface area contributed by atoms with Crippen LogP contribution in [0.4, 0.5) is 0 Å². The van der Waals surface area contributed by atoms with Gasteiger partial charge in [-0.25, -0.2) is 0 Å². The Morgan fingerprint density at radius 1 is 0.622 bits per heavy atom. The van der Waals surface area contributed by atoms with Crippen molar-refractivity contribution in [2.24, 2.45) is 11.8 Å². The summed E-state index contributed by atoms with van der Waals surface area (Å²) in [5.41, 5.74) is 7.90. The minimum absolute atomic E-state index is 0. The summed E-state index contributed by atoms with van der Waals surface area (Å²) < 4.78 is 1.50. The molecule has 0 spiro atoms. The predicted molar refractivity (Wildman–Crippen MR) is 158 cm³/mol. The van der Waals surface area contributed by atoms with Gasteiger partial charge in [-0.05, 0) is 0 Å². The third-order valence-corrected chi connectivity index (χ3v) is 22.4. The number of benzene rings is 2. The average Bonchev–Trinajstić information content (AvgIpc) is 3.31. The van der Waals surface area contributed by atoms with E-state index in [1.165, 1.54) is 23.5 Å². The van der Waals surface area contributed by atoms with Crippen molar-refractivity contribution in [2.45, 2.75) is 74.1 Å². The van der Waals surface area contributed by atoms with Gasteiger partial charge in [0.2, 0.25) is 0 Å². The second-order valence-corrected chi connectivity index (χ2v) is 22.8. The van der Waals surface area contributed by atoms with Crippen molar-refractivity contribution in [3.8, 4) is 0 Å². The Morgan fingerprint density at radius 3 is 1.46 bits per heavy atom. The van der Waals surface area contributed by atoms with Gasteiger partial charge in [0.25, 0.3) is 0 Å². The van der Waals surface area contributed by atoms with Crippen molar-refractivity contribution < 1.29 is 47.7 Å². The molecule has 0 fully saturated rings. The van der Waals surface area contributed by atoms with E-state index in [9.17, 15) is 0 Å². The number of hydrogen-bond acceptors (Lipinski definition) is 0. The van der Waals surface area contributed by atoms with E-state index >= 15 is 0 Å². The quantitative estimate of drug-likeness (QED) is 0.251.